The summed E-state index contributed by atoms with van der Waals surface area (Å²) in [6.07, 6.45) is 5.45. The quantitative estimate of drug-likeness (QED) is 0.367. The average molecular weight is 150 g/mol. The van der Waals surface area contributed by atoms with Gasteiger partial charge >= 0.3 is 0 Å². The predicted octanol–water partition coefficient (Wildman–Crippen LogP) is 0.240. The zero-order valence-electron chi connectivity index (χ0n) is 5.99. The van der Waals surface area contributed by atoms with Crippen LogP contribution >= 0.6 is 0 Å². The van der Waals surface area contributed by atoms with E-state index in [1.165, 1.54) is 0 Å². The maximum absolute atomic E-state index is 11.0. The van der Waals surface area contributed by atoms with Gasteiger partial charge < -0.3 is 0 Å². The lowest BCUT2D eigenvalue weighted by Crippen LogP contribution is -2.18. The molecule has 57 valence electrons. The molecule has 2 amide bonds. The van der Waals surface area contributed by atoms with Gasteiger partial charge in [-0.3, -0.25) is 9.59 Å². The Morgan fingerprint density at radius 1 is 1.36 bits per heavy atom. The summed E-state index contributed by atoms with van der Waals surface area (Å²) in [7, 11) is 0. The second-order valence-corrected chi connectivity index (χ2v) is 2.93. The fourth-order valence-electron chi connectivity index (χ4n) is 1.63. The first kappa shape index (κ1) is 6.58. The minimum atomic E-state index is -0.254. The maximum atomic E-state index is 11.0. The first-order valence-corrected chi connectivity index (χ1v) is 3.75. The van der Waals surface area contributed by atoms with Gasteiger partial charge in [0.1, 0.15) is 0 Å². The van der Waals surface area contributed by atoms with Gasteiger partial charge in [0, 0.05) is 0 Å². The van der Waals surface area contributed by atoms with E-state index in [9.17, 15) is 9.59 Å². The number of nitrogens with zero attached hydrogens (tertiary/aromatic N) is 1. The minimum Gasteiger partial charge on any atom is -0.272 e. The Labute approximate surface area is 64.5 Å². The highest BCUT2D eigenvalue weighted by atomic mass is 16.2. The second-order valence-electron chi connectivity index (χ2n) is 2.93. The van der Waals surface area contributed by atoms with Crippen molar-refractivity contribution in [2.24, 2.45) is 11.8 Å². The summed E-state index contributed by atoms with van der Waals surface area (Å²) < 4.78 is 0. The Balaban J connectivity index is 2.30. The molecule has 1 heterocycles. The summed E-state index contributed by atoms with van der Waals surface area (Å²) in [5.41, 5.74) is 0. The molecule has 0 aromatic rings. The van der Waals surface area contributed by atoms with E-state index >= 15 is 0 Å². The molecule has 1 saturated heterocycles. The highest BCUT2D eigenvalue weighted by molar-refractivity contribution is 6.05. The monoisotopic (exact) mass is 150 g/mol. The summed E-state index contributed by atoms with van der Waals surface area (Å²) in [5, 5.41) is 3.40. The van der Waals surface area contributed by atoms with Crippen molar-refractivity contribution in [3.63, 3.8) is 0 Å². The van der Waals surface area contributed by atoms with Crippen LogP contribution in [0.4, 0.5) is 0 Å². The van der Waals surface area contributed by atoms with Crippen molar-refractivity contribution in [1.82, 2.24) is 5.32 Å². The Morgan fingerprint density at radius 3 is 2.91 bits per heavy atom. The van der Waals surface area contributed by atoms with Gasteiger partial charge in [0.05, 0.1) is 11.8 Å². The molecule has 1 aliphatic heterocycles. The lowest BCUT2D eigenvalue weighted by atomic mass is 9.86. The normalized spacial score (nSPS) is 35.3. The van der Waals surface area contributed by atoms with Gasteiger partial charge in [-0.25, -0.2) is 0 Å². The average Bonchev–Trinajstić information content (AvgIpc) is 2.30. The molecule has 1 aliphatic carbocycles. The van der Waals surface area contributed by atoms with Crippen LogP contribution in [0.3, 0.4) is 0 Å². The molecule has 11 heavy (non-hydrogen) atoms. The Kier molecular flexibility index (Phi) is 1.31. The molecule has 0 bridgehead atoms. The molecule has 0 N–H and O–H groups in total. The van der Waals surface area contributed by atoms with Crippen LogP contribution in [-0.2, 0) is 9.59 Å². The van der Waals surface area contributed by atoms with Gasteiger partial charge in [0.15, 0.2) is 0 Å². The number of hydrogen-bond acceptors (Lipinski definition) is 2. The molecule has 2 aliphatic rings. The number of amides is 2. The molecule has 1 radical (unpaired) electrons. The first-order valence-electron chi connectivity index (χ1n) is 3.75. The third-order valence-electron chi connectivity index (χ3n) is 2.24. The van der Waals surface area contributed by atoms with Crippen molar-refractivity contribution >= 4 is 11.8 Å². The molecule has 0 saturated carbocycles. The number of imide groups is 1. The molecule has 0 aromatic heterocycles. The topological polar surface area (TPSA) is 48.2 Å². The SMILES string of the molecule is O=C1[N]C(=O)C2CCC=CC12. The van der Waals surface area contributed by atoms with Gasteiger partial charge in [-0.1, -0.05) is 12.2 Å². The summed E-state index contributed by atoms with van der Waals surface area (Å²) in [6, 6.07) is 0. The van der Waals surface area contributed by atoms with Crippen LogP contribution in [0.15, 0.2) is 12.2 Å². The van der Waals surface area contributed by atoms with Gasteiger partial charge in [-0.05, 0) is 12.8 Å². The fraction of sp³-hybridized carbons (Fsp3) is 0.500. The van der Waals surface area contributed by atoms with Crippen molar-refractivity contribution < 1.29 is 9.59 Å². The van der Waals surface area contributed by atoms with Gasteiger partial charge in [-0.15, -0.1) is 0 Å². The Bertz CT molecular complexity index is 244. The predicted molar refractivity (Wildman–Crippen MR) is 37.5 cm³/mol. The molecular formula is C8H8NO2. The number of hydrogen-bond donors (Lipinski definition) is 0. The fourth-order valence-corrected chi connectivity index (χ4v) is 1.63. The van der Waals surface area contributed by atoms with E-state index in [0.29, 0.717) is 0 Å². The van der Waals surface area contributed by atoms with Crippen molar-refractivity contribution in [2.75, 3.05) is 0 Å². The van der Waals surface area contributed by atoms with E-state index in [1.54, 1.807) is 0 Å². The van der Waals surface area contributed by atoms with E-state index in [2.05, 4.69) is 5.32 Å². The standard InChI is InChI=1S/C8H8NO2/c10-7-5-3-1-2-4-6(5)8(11)9-7/h1,3,5-6H,2,4H2. The van der Waals surface area contributed by atoms with Gasteiger partial charge in [-0.2, -0.15) is 5.32 Å². The van der Waals surface area contributed by atoms with Crippen LogP contribution in [0.1, 0.15) is 12.8 Å². The van der Waals surface area contributed by atoms with Crippen LogP contribution in [-0.4, -0.2) is 11.8 Å². The minimum absolute atomic E-state index is 0.132. The van der Waals surface area contributed by atoms with Crippen molar-refractivity contribution in [2.45, 2.75) is 12.8 Å². The summed E-state index contributed by atoms with van der Waals surface area (Å²) >= 11 is 0. The zero-order chi connectivity index (χ0) is 7.84. The van der Waals surface area contributed by atoms with Crippen LogP contribution < -0.4 is 5.32 Å². The second kappa shape index (κ2) is 2.19. The van der Waals surface area contributed by atoms with E-state index < -0.39 is 0 Å². The van der Waals surface area contributed by atoms with Crippen LogP contribution in [0.25, 0.3) is 0 Å². The Hall–Kier alpha value is -1.12. The molecule has 0 aromatic carbocycles. The largest absolute Gasteiger partial charge is 0.272 e. The number of carbonyl (C=O) groups is 2. The van der Waals surface area contributed by atoms with Crippen LogP contribution in [0, 0.1) is 11.8 Å². The van der Waals surface area contributed by atoms with Crippen LogP contribution in [0.5, 0.6) is 0 Å². The van der Waals surface area contributed by atoms with Crippen molar-refractivity contribution in [1.29, 1.82) is 0 Å². The summed E-state index contributed by atoms with van der Waals surface area (Å²) in [5.74, 6) is -0.830. The molecule has 2 atom stereocenters. The number of allylic oxidation sites excluding steroid dienone is 1. The highest BCUT2D eigenvalue weighted by Crippen LogP contribution is 2.29. The van der Waals surface area contributed by atoms with Crippen molar-refractivity contribution in [3.8, 4) is 0 Å². The Morgan fingerprint density at radius 2 is 2.18 bits per heavy atom. The van der Waals surface area contributed by atoms with Crippen LogP contribution in [0.2, 0.25) is 0 Å². The lowest BCUT2D eigenvalue weighted by molar-refractivity contribution is -0.126. The van der Waals surface area contributed by atoms with E-state index in [-0.39, 0.29) is 23.7 Å². The molecule has 3 heteroatoms. The number of fused-ring (bicyclic) bond motifs is 1. The molecule has 2 unspecified atom stereocenters. The molecule has 0 spiro atoms. The van der Waals surface area contributed by atoms with E-state index in [4.69, 9.17) is 0 Å². The van der Waals surface area contributed by atoms with E-state index in [1.807, 2.05) is 12.2 Å². The van der Waals surface area contributed by atoms with Gasteiger partial charge in [0.2, 0.25) is 0 Å². The first-order chi connectivity index (χ1) is 5.29. The third-order valence-corrected chi connectivity index (χ3v) is 2.24. The smallest absolute Gasteiger partial charge is 0.256 e. The van der Waals surface area contributed by atoms with E-state index in [0.717, 1.165) is 12.8 Å². The summed E-state index contributed by atoms with van der Waals surface area (Å²) in [4.78, 5) is 22.0. The zero-order valence-corrected chi connectivity index (χ0v) is 5.99. The molecular weight excluding hydrogens is 142 g/mol. The molecule has 1 fully saturated rings. The number of carbonyl (C=O) groups excluding carboxylic acids is 2. The maximum Gasteiger partial charge on any atom is 0.256 e. The lowest BCUT2D eigenvalue weighted by Gasteiger charge is -2.13. The highest BCUT2D eigenvalue weighted by Gasteiger charge is 2.42. The molecule has 2 rings (SSSR count). The molecule has 3 nitrogen and oxygen atoms in total. The number of rotatable bonds is 0. The van der Waals surface area contributed by atoms with Crippen molar-refractivity contribution in [3.05, 3.63) is 12.2 Å². The third kappa shape index (κ3) is 0.878. The van der Waals surface area contributed by atoms with Gasteiger partial charge in [0.25, 0.3) is 11.8 Å². The summed E-state index contributed by atoms with van der Waals surface area (Å²) in [6.45, 7) is 0.